The Hall–Kier alpha value is -1.91. The van der Waals surface area contributed by atoms with Gasteiger partial charge in [0, 0.05) is 18.1 Å². The number of aliphatic carboxylic acids is 1. The Morgan fingerprint density at radius 1 is 1.33 bits per heavy atom. The molecule has 1 aromatic rings. The number of carbonyl (C=O) groups excluding carboxylic acids is 1. The number of carboxylic acids is 1. The Bertz CT molecular complexity index is 398. The lowest BCUT2D eigenvalue weighted by molar-refractivity contribution is -0.147. The molecule has 1 saturated carbocycles. The van der Waals surface area contributed by atoms with Gasteiger partial charge in [-0.25, -0.2) is 0 Å². The first-order valence-electron chi connectivity index (χ1n) is 4.60. The molecule has 1 heterocycles. The molecular formula is C10H10N2O3. The number of nitrogens with one attached hydrogen (secondary N) is 1. The second kappa shape index (κ2) is 3.34. The molecule has 0 aromatic carbocycles. The minimum atomic E-state index is -1.19. The highest BCUT2D eigenvalue weighted by atomic mass is 16.4. The normalized spacial score (nSPS) is 16.8. The van der Waals surface area contributed by atoms with E-state index in [9.17, 15) is 9.59 Å². The Labute approximate surface area is 86.1 Å². The van der Waals surface area contributed by atoms with Crippen molar-refractivity contribution in [2.75, 3.05) is 5.32 Å². The summed E-state index contributed by atoms with van der Waals surface area (Å²) in [5, 5.41) is 11.4. The molecule has 0 bridgehead atoms. The molecule has 2 N–H and O–H groups in total. The number of hydrogen-bond donors (Lipinski definition) is 2. The molecule has 1 aromatic heterocycles. The van der Waals surface area contributed by atoms with Crippen molar-refractivity contribution < 1.29 is 14.7 Å². The molecule has 2 rings (SSSR count). The molecule has 1 fully saturated rings. The highest BCUT2D eigenvalue weighted by Crippen LogP contribution is 2.46. The van der Waals surface area contributed by atoms with E-state index in [1.165, 1.54) is 12.4 Å². The third kappa shape index (κ3) is 1.68. The van der Waals surface area contributed by atoms with Gasteiger partial charge in [-0.2, -0.15) is 0 Å². The summed E-state index contributed by atoms with van der Waals surface area (Å²) in [5.41, 5.74) is -0.619. The minimum absolute atomic E-state index is 0.416. The number of aromatic nitrogens is 1. The van der Waals surface area contributed by atoms with Crippen LogP contribution in [-0.4, -0.2) is 22.0 Å². The number of pyridine rings is 1. The summed E-state index contributed by atoms with van der Waals surface area (Å²) in [6.07, 6.45) is 3.91. The lowest BCUT2D eigenvalue weighted by atomic mass is 10.1. The monoisotopic (exact) mass is 206 g/mol. The lowest BCUT2D eigenvalue weighted by Crippen LogP contribution is -2.31. The van der Waals surface area contributed by atoms with Gasteiger partial charge in [0.05, 0.1) is 0 Å². The second-order valence-electron chi connectivity index (χ2n) is 3.58. The van der Waals surface area contributed by atoms with Crippen molar-refractivity contribution in [3.05, 3.63) is 24.5 Å². The third-order valence-electron chi connectivity index (χ3n) is 2.53. The average Bonchev–Trinajstić information content (AvgIpc) is 2.99. The van der Waals surface area contributed by atoms with Crippen molar-refractivity contribution in [1.29, 1.82) is 0 Å². The van der Waals surface area contributed by atoms with Crippen molar-refractivity contribution >= 4 is 17.6 Å². The quantitative estimate of drug-likeness (QED) is 0.719. The van der Waals surface area contributed by atoms with Crippen molar-refractivity contribution in [2.24, 2.45) is 5.41 Å². The maximum atomic E-state index is 11.6. The molecule has 5 heteroatoms. The van der Waals surface area contributed by atoms with Crippen LogP contribution in [0.4, 0.5) is 5.69 Å². The van der Waals surface area contributed by atoms with Gasteiger partial charge >= 0.3 is 5.97 Å². The van der Waals surface area contributed by atoms with Crippen LogP contribution in [0, 0.1) is 5.41 Å². The van der Waals surface area contributed by atoms with E-state index in [0.717, 1.165) is 0 Å². The van der Waals surface area contributed by atoms with Gasteiger partial charge < -0.3 is 10.4 Å². The fourth-order valence-corrected chi connectivity index (χ4v) is 1.35. The van der Waals surface area contributed by atoms with Crippen LogP contribution in [0.2, 0.25) is 0 Å². The van der Waals surface area contributed by atoms with Crippen molar-refractivity contribution in [3.8, 4) is 0 Å². The van der Waals surface area contributed by atoms with Crippen LogP contribution in [0.15, 0.2) is 24.5 Å². The first kappa shape index (κ1) is 9.64. The standard InChI is InChI=1S/C10H10N2O3/c13-8(10(3-4-10)9(14)15)12-7-1-5-11-6-2-7/h1-2,5-6H,3-4H2,(H,14,15)(H,11,12,13). The van der Waals surface area contributed by atoms with Crippen LogP contribution in [0.3, 0.4) is 0 Å². The first-order valence-corrected chi connectivity index (χ1v) is 4.60. The lowest BCUT2D eigenvalue weighted by Gasteiger charge is -2.09. The summed E-state index contributed by atoms with van der Waals surface area (Å²) in [6.45, 7) is 0. The number of hydrogen-bond acceptors (Lipinski definition) is 3. The third-order valence-corrected chi connectivity index (χ3v) is 2.53. The van der Waals surface area contributed by atoms with Crippen molar-refractivity contribution in [2.45, 2.75) is 12.8 Å². The number of nitrogens with zero attached hydrogens (tertiary/aromatic N) is 1. The molecule has 0 saturated heterocycles. The molecule has 15 heavy (non-hydrogen) atoms. The Morgan fingerprint density at radius 2 is 1.93 bits per heavy atom. The molecule has 1 aliphatic carbocycles. The summed E-state index contributed by atoms with van der Waals surface area (Å²) >= 11 is 0. The summed E-state index contributed by atoms with van der Waals surface area (Å²) in [6, 6.07) is 3.24. The zero-order chi connectivity index (χ0) is 10.9. The number of carbonyl (C=O) groups is 2. The van der Waals surface area contributed by atoms with Crippen LogP contribution < -0.4 is 5.32 Å². The van der Waals surface area contributed by atoms with Gasteiger partial charge in [-0.1, -0.05) is 0 Å². The molecule has 1 aliphatic rings. The molecule has 0 unspecified atom stereocenters. The Kier molecular flexibility index (Phi) is 2.15. The average molecular weight is 206 g/mol. The second-order valence-corrected chi connectivity index (χ2v) is 3.58. The van der Waals surface area contributed by atoms with E-state index in [1.54, 1.807) is 12.1 Å². The van der Waals surface area contributed by atoms with Crippen LogP contribution >= 0.6 is 0 Å². The SMILES string of the molecule is O=C(O)C1(C(=O)Nc2ccncc2)CC1. The number of anilines is 1. The van der Waals surface area contributed by atoms with Gasteiger partial charge in [-0.15, -0.1) is 0 Å². The maximum absolute atomic E-state index is 11.6. The predicted molar refractivity (Wildman–Crippen MR) is 52.2 cm³/mol. The summed E-state index contributed by atoms with van der Waals surface area (Å²) < 4.78 is 0. The fourth-order valence-electron chi connectivity index (χ4n) is 1.35. The van der Waals surface area contributed by atoms with Gasteiger partial charge in [-0.3, -0.25) is 14.6 Å². The van der Waals surface area contributed by atoms with Gasteiger partial charge in [-0.05, 0) is 25.0 Å². The van der Waals surface area contributed by atoms with Crippen LogP contribution in [0.1, 0.15) is 12.8 Å². The van der Waals surface area contributed by atoms with Gasteiger partial charge in [0.2, 0.25) is 5.91 Å². The summed E-state index contributed by atoms with van der Waals surface area (Å²) in [4.78, 5) is 26.3. The number of amides is 1. The van der Waals surface area contributed by atoms with Crippen LogP contribution in [-0.2, 0) is 9.59 Å². The van der Waals surface area contributed by atoms with E-state index in [2.05, 4.69) is 10.3 Å². The van der Waals surface area contributed by atoms with E-state index in [0.29, 0.717) is 18.5 Å². The topological polar surface area (TPSA) is 79.3 Å². The zero-order valence-corrected chi connectivity index (χ0v) is 7.93. The van der Waals surface area contributed by atoms with E-state index in [4.69, 9.17) is 5.11 Å². The fraction of sp³-hybridized carbons (Fsp3) is 0.300. The van der Waals surface area contributed by atoms with E-state index < -0.39 is 17.3 Å². The predicted octanol–water partition coefficient (Wildman–Crippen LogP) is 0.885. The highest BCUT2D eigenvalue weighted by molar-refractivity contribution is 6.10. The maximum Gasteiger partial charge on any atom is 0.319 e. The van der Waals surface area contributed by atoms with Crippen LogP contribution in [0.5, 0.6) is 0 Å². The molecule has 0 radical (unpaired) electrons. The van der Waals surface area contributed by atoms with Gasteiger partial charge in [0.25, 0.3) is 0 Å². The molecule has 0 spiro atoms. The van der Waals surface area contributed by atoms with E-state index >= 15 is 0 Å². The van der Waals surface area contributed by atoms with Crippen molar-refractivity contribution in [3.63, 3.8) is 0 Å². The molecule has 0 atom stereocenters. The highest BCUT2D eigenvalue weighted by Gasteiger charge is 2.57. The Balaban J connectivity index is 2.08. The molecular weight excluding hydrogens is 196 g/mol. The minimum Gasteiger partial charge on any atom is -0.480 e. The Morgan fingerprint density at radius 3 is 2.40 bits per heavy atom. The zero-order valence-electron chi connectivity index (χ0n) is 7.93. The largest absolute Gasteiger partial charge is 0.480 e. The molecule has 5 nitrogen and oxygen atoms in total. The van der Waals surface area contributed by atoms with Crippen LogP contribution in [0.25, 0.3) is 0 Å². The summed E-state index contributed by atoms with van der Waals surface area (Å²) in [7, 11) is 0. The molecule has 78 valence electrons. The number of rotatable bonds is 3. The van der Waals surface area contributed by atoms with E-state index in [-0.39, 0.29) is 0 Å². The number of carboxylic acid groups (broad SMARTS) is 1. The van der Waals surface area contributed by atoms with Crippen molar-refractivity contribution in [1.82, 2.24) is 4.98 Å². The molecule has 1 amide bonds. The van der Waals surface area contributed by atoms with E-state index in [1.807, 2.05) is 0 Å². The smallest absolute Gasteiger partial charge is 0.319 e. The van der Waals surface area contributed by atoms with Gasteiger partial charge in [0.15, 0.2) is 0 Å². The first-order chi connectivity index (χ1) is 7.15. The van der Waals surface area contributed by atoms with Gasteiger partial charge in [0.1, 0.15) is 5.41 Å². The molecule has 0 aliphatic heterocycles. The summed E-state index contributed by atoms with van der Waals surface area (Å²) in [5.74, 6) is -1.49.